The lowest BCUT2D eigenvalue weighted by atomic mass is 9.94. The highest BCUT2D eigenvalue weighted by atomic mass is 16.5. The molecule has 1 fully saturated rings. The molecule has 0 unspecified atom stereocenters. The first-order valence-electron chi connectivity index (χ1n) is 12.9. The first-order valence-corrected chi connectivity index (χ1v) is 12.9. The van der Waals surface area contributed by atoms with Crippen molar-refractivity contribution in [2.75, 3.05) is 13.2 Å². The van der Waals surface area contributed by atoms with E-state index in [1.807, 2.05) is 26.8 Å². The first-order chi connectivity index (χ1) is 18.4. The molecular formula is C30H31NO7. The monoisotopic (exact) mass is 517 g/mol. The Morgan fingerprint density at radius 3 is 2.66 bits per heavy atom. The number of benzene rings is 2. The molecule has 2 aliphatic heterocycles. The zero-order chi connectivity index (χ0) is 26.8. The number of rotatable bonds is 9. The van der Waals surface area contributed by atoms with Gasteiger partial charge < -0.3 is 28.6 Å². The highest BCUT2D eigenvalue weighted by molar-refractivity contribution is 6.46. The third-order valence-corrected chi connectivity index (χ3v) is 6.66. The molecule has 5 rings (SSSR count). The number of furan rings is 1. The van der Waals surface area contributed by atoms with E-state index in [2.05, 4.69) is 0 Å². The predicted octanol–water partition coefficient (Wildman–Crippen LogP) is 5.41. The Balaban J connectivity index is 1.63. The predicted molar refractivity (Wildman–Crippen MR) is 140 cm³/mol. The number of carbonyl (C=O) groups is 2. The van der Waals surface area contributed by atoms with Crippen molar-refractivity contribution in [3.63, 3.8) is 0 Å². The lowest BCUT2D eigenvalue weighted by Gasteiger charge is -2.25. The van der Waals surface area contributed by atoms with Crippen LogP contribution in [-0.4, -0.2) is 41.0 Å². The standard InChI is InChI=1S/C30H31NO7/c1-4-12-37-24-11-8-19(16-25(24)35-5-2)27-26(29(33)30(34)31(27)17-22-7-6-13-36-22)28(32)20-9-10-23-21(15-20)14-18(3)38-23/h6-11,13,15-16,18,27,32H,4-5,12,14,17H2,1-3H3/t18-,27+/m0/s1. The fourth-order valence-corrected chi connectivity index (χ4v) is 4.98. The van der Waals surface area contributed by atoms with Crippen LogP contribution in [-0.2, 0) is 22.6 Å². The van der Waals surface area contributed by atoms with Gasteiger partial charge in [-0.2, -0.15) is 0 Å². The van der Waals surface area contributed by atoms with Crippen molar-refractivity contribution < 1.29 is 33.3 Å². The van der Waals surface area contributed by atoms with E-state index in [4.69, 9.17) is 18.6 Å². The fraction of sp³-hybridized carbons (Fsp3) is 0.333. The van der Waals surface area contributed by atoms with Crippen LogP contribution in [0.15, 0.2) is 64.8 Å². The Bertz CT molecular complexity index is 1380. The number of fused-ring (bicyclic) bond motifs is 1. The molecule has 1 aromatic heterocycles. The van der Waals surface area contributed by atoms with Crippen molar-refractivity contribution in [1.29, 1.82) is 0 Å². The van der Waals surface area contributed by atoms with Crippen molar-refractivity contribution in [1.82, 2.24) is 4.90 Å². The molecule has 1 N–H and O–H groups in total. The zero-order valence-corrected chi connectivity index (χ0v) is 21.7. The topological polar surface area (TPSA) is 98.4 Å². The molecule has 38 heavy (non-hydrogen) atoms. The van der Waals surface area contributed by atoms with Gasteiger partial charge in [0.1, 0.15) is 23.4 Å². The van der Waals surface area contributed by atoms with Gasteiger partial charge in [0.05, 0.1) is 37.6 Å². The number of aliphatic hydroxyl groups excluding tert-OH is 1. The van der Waals surface area contributed by atoms with Gasteiger partial charge in [0.25, 0.3) is 11.7 Å². The summed E-state index contributed by atoms with van der Waals surface area (Å²) in [6.07, 6.45) is 3.08. The summed E-state index contributed by atoms with van der Waals surface area (Å²) in [6.45, 7) is 6.86. The van der Waals surface area contributed by atoms with Gasteiger partial charge in [-0.3, -0.25) is 9.59 Å². The number of ether oxygens (including phenoxy) is 3. The molecule has 0 spiro atoms. The quantitative estimate of drug-likeness (QED) is 0.230. The minimum absolute atomic E-state index is 0.0122. The van der Waals surface area contributed by atoms with E-state index in [0.29, 0.717) is 48.0 Å². The van der Waals surface area contributed by atoms with Crippen LogP contribution in [0.25, 0.3) is 5.76 Å². The van der Waals surface area contributed by atoms with E-state index in [-0.39, 0.29) is 24.0 Å². The van der Waals surface area contributed by atoms with Crippen molar-refractivity contribution in [2.24, 2.45) is 0 Å². The number of hydrogen-bond donors (Lipinski definition) is 1. The summed E-state index contributed by atoms with van der Waals surface area (Å²) >= 11 is 0. The second-order valence-corrected chi connectivity index (χ2v) is 9.45. The second-order valence-electron chi connectivity index (χ2n) is 9.45. The summed E-state index contributed by atoms with van der Waals surface area (Å²) < 4.78 is 23.0. The summed E-state index contributed by atoms with van der Waals surface area (Å²) in [5, 5.41) is 11.5. The molecule has 0 saturated carbocycles. The van der Waals surface area contributed by atoms with Gasteiger partial charge in [-0.1, -0.05) is 13.0 Å². The summed E-state index contributed by atoms with van der Waals surface area (Å²) in [5.74, 6) is 0.658. The van der Waals surface area contributed by atoms with Crippen LogP contribution in [0.4, 0.5) is 0 Å². The molecule has 3 aromatic rings. The Labute approximate surface area is 221 Å². The minimum atomic E-state index is -0.858. The van der Waals surface area contributed by atoms with Gasteiger partial charge in [0, 0.05) is 12.0 Å². The summed E-state index contributed by atoms with van der Waals surface area (Å²) in [6, 6.07) is 13.3. The summed E-state index contributed by atoms with van der Waals surface area (Å²) in [4.78, 5) is 28.2. The van der Waals surface area contributed by atoms with Crippen molar-refractivity contribution in [3.05, 3.63) is 82.8 Å². The Hall–Kier alpha value is -4.20. The molecule has 0 aliphatic carbocycles. The van der Waals surface area contributed by atoms with Crippen molar-refractivity contribution >= 4 is 17.4 Å². The van der Waals surface area contributed by atoms with E-state index in [1.54, 1.807) is 42.5 Å². The lowest BCUT2D eigenvalue weighted by molar-refractivity contribution is -0.140. The van der Waals surface area contributed by atoms with E-state index < -0.39 is 17.7 Å². The Morgan fingerprint density at radius 2 is 1.92 bits per heavy atom. The molecule has 8 heteroatoms. The fourth-order valence-electron chi connectivity index (χ4n) is 4.98. The van der Waals surface area contributed by atoms with Gasteiger partial charge in [0.2, 0.25) is 0 Å². The minimum Gasteiger partial charge on any atom is -0.507 e. The first kappa shape index (κ1) is 25.4. The van der Waals surface area contributed by atoms with E-state index in [1.165, 1.54) is 11.2 Å². The number of Topliss-reactive ketones (excluding diaryl/α,β-unsaturated/α-hetero) is 1. The molecule has 198 valence electrons. The Kier molecular flexibility index (Phi) is 7.13. The highest BCUT2D eigenvalue weighted by Gasteiger charge is 2.46. The number of hydrogen-bond acceptors (Lipinski definition) is 7. The van der Waals surface area contributed by atoms with Crippen LogP contribution >= 0.6 is 0 Å². The van der Waals surface area contributed by atoms with Gasteiger partial charge in [-0.05, 0) is 73.9 Å². The zero-order valence-electron chi connectivity index (χ0n) is 21.7. The maximum Gasteiger partial charge on any atom is 0.296 e. The maximum atomic E-state index is 13.4. The molecule has 3 heterocycles. The van der Waals surface area contributed by atoms with Crippen molar-refractivity contribution in [2.45, 2.75) is 52.3 Å². The number of carbonyl (C=O) groups excluding carboxylic acids is 2. The van der Waals surface area contributed by atoms with Gasteiger partial charge in [0.15, 0.2) is 11.5 Å². The molecule has 0 bridgehead atoms. The van der Waals surface area contributed by atoms with Crippen LogP contribution in [0.1, 0.15) is 55.7 Å². The molecule has 8 nitrogen and oxygen atoms in total. The van der Waals surface area contributed by atoms with Crippen LogP contribution in [0.3, 0.4) is 0 Å². The number of nitrogens with zero attached hydrogens (tertiary/aromatic N) is 1. The highest BCUT2D eigenvalue weighted by Crippen LogP contribution is 2.43. The SMILES string of the molecule is CCCOc1ccc([C@@H]2C(=C(O)c3ccc4c(c3)C[C@H](C)O4)C(=O)C(=O)N2Cc2ccco2)cc1OCC. The normalized spacial score (nSPS) is 19.9. The van der Waals surface area contributed by atoms with Crippen LogP contribution in [0, 0.1) is 0 Å². The average Bonchev–Trinajstić information content (AvgIpc) is 3.62. The smallest absolute Gasteiger partial charge is 0.296 e. The lowest BCUT2D eigenvalue weighted by Crippen LogP contribution is -2.29. The van der Waals surface area contributed by atoms with Crippen LogP contribution in [0.2, 0.25) is 0 Å². The number of likely N-dealkylation sites (tertiary alicyclic amines) is 1. The Morgan fingerprint density at radius 1 is 1.08 bits per heavy atom. The number of amides is 1. The molecule has 1 amide bonds. The van der Waals surface area contributed by atoms with E-state index in [9.17, 15) is 14.7 Å². The molecule has 2 aromatic carbocycles. The number of aliphatic hydroxyl groups is 1. The molecule has 2 aliphatic rings. The third-order valence-electron chi connectivity index (χ3n) is 6.66. The summed E-state index contributed by atoms with van der Waals surface area (Å²) in [7, 11) is 0. The number of ketones is 1. The van der Waals surface area contributed by atoms with Gasteiger partial charge >= 0.3 is 0 Å². The second kappa shape index (κ2) is 10.7. The molecule has 1 saturated heterocycles. The third kappa shape index (κ3) is 4.74. The van der Waals surface area contributed by atoms with Gasteiger partial charge in [-0.15, -0.1) is 0 Å². The summed E-state index contributed by atoms with van der Waals surface area (Å²) in [5.41, 5.74) is 2.02. The molecule has 0 radical (unpaired) electrons. The van der Waals surface area contributed by atoms with E-state index >= 15 is 0 Å². The van der Waals surface area contributed by atoms with E-state index in [0.717, 1.165) is 17.7 Å². The van der Waals surface area contributed by atoms with Crippen LogP contribution < -0.4 is 14.2 Å². The largest absolute Gasteiger partial charge is 0.507 e. The molecule has 2 atom stereocenters. The molecular weight excluding hydrogens is 486 g/mol. The maximum absolute atomic E-state index is 13.4. The van der Waals surface area contributed by atoms with Crippen molar-refractivity contribution in [3.8, 4) is 17.2 Å². The average molecular weight is 518 g/mol. The van der Waals surface area contributed by atoms with Gasteiger partial charge in [-0.25, -0.2) is 0 Å². The van der Waals surface area contributed by atoms with Crippen LogP contribution in [0.5, 0.6) is 17.2 Å².